The Hall–Kier alpha value is -2.91. The maximum Gasteiger partial charge on any atom is 0.242 e. The van der Waals surface area contributed by atoms with Gasteiger partial charge in [-0.15, -0.1) is 0 Å². The minimum atomic E-state index is -3.88. The van der Waals surface area contributed by atoms with Crippen LogP contribution >= 0.6 is 0 Å². The van der Waals surface area contributed by atoms with Gasteiger partial charge < -0.3 is 15.0 Å². The van der Waals surface area contributed by atoms with Crippen molar-refractivity contribution >= 4 is 27.5 Å². The molecule has 0 aromatic heterocycles. The second kappa shape index (κ2) is 9.53. The summed E-state index contributed by atoms with van der Waals surface area (Å²) in [6.07, 6.45) is 0. The molecule has 2 N–H and O–H groups in total. The van der Waals surface area contributed by atoms with Gasteiger partial charge in [-0.2, -0.15) is 4.72 Å². The van der Waals surface area contributed by atoms with Gasteiger partial charge in [0.1, 0.15) is 5.75 Å². The Morgan fingerprint density at radius 2 is 1.72 bits per heavy atom. The molecule has 9 heteroatoms. The third-order valence-corrected chi connectivity index (χ3v) is 5.87. The molecule has 0 heterocycles. The van der Waals surface area contributed by atoms with Crippen LogP contribution in [0.3, 0.4) is 0 Å². The molecular weight excluding hydrogens is 394 g/mol. The number of hydrogen-bond donors (Lipinski definition) is 2. The molecule has 0 saturated heterocycles. The van der Waals surface area contributed by atoms with E-state index in [1.165, 1.54) is 50.1 Å². The minimum absolute atomic E-state index is 0.0291. The van der Waals surface area contributed by atoms with Gasteiger partial charge in [0, 0.05) is 26.2 Å². The van der Waals surface area contributed by atoms with Crippen molar-refractivity contribution in [1.82, 2.24) is 9.62 Å². The number of ether oxygens (including phenoxy) is 1. The number of amides is 2. The lowest BCUT2D eigenvalue weighted by molar-refractivity contribution is -0.128. The molecule has 0 aliphatic heterocycles. The van der Waals surface area contributed by atoms with Crippen LogP contribution in [0.1, 0.15) is 19.4 Å². The molecule has 0 spiro atoms. The Labute approximate surface area is 170 Å². The fourth-order valence-corrected chi connectivity index (χ4v) is 3.70. The van der Waals surface area contributed by atoms with E-state index >= 15 is 0 Å². The molecule has 2 amide bonds. The topological polar surface area (TPSA) is 105 Å². The number of rotatable bonds is 8. The van der Waals surface area contributed by atoms with E-state index in [2.05, 4.69) is 10.0 Å². The molecular formula is C20H25N3O5S. The monoisotopic (exact) mass is 419 g/mol. The summed E-state index contributed by atoms with van der Waals surface area (Å²) in [5.41, 5.74) is 1.25. The van der Waals surface area contributed by atoms with Crippen molar-refractivity contribution in [3.8, 4) is 5.75 Å². The van der Waals surface area contributed by atoms with Crippen LogP contribution in [-0.4, -0.2) is 45.3 Å². The Kier molecular flexibility index (Phi) is 7.35. The van der Waals surface area contributed by atoms with E-state index in [4.69, 9.17) is 4.74 Å². The lowest BCUT2D eigenvalue weighted by atomic mass is 10.1. The van der Waals surface area contributed by atoms with Gasteiger partial charge >= 0.3 is 0 Å². The maximum absolute atomic E-state index is 12.6. The summed E-state index contributed by atoms with van der Waals surface area (Å²) in [6.45, 7) is 3.23. The number of methoxy groups -OCH3 is 1. The molecule has 8 nitrogen and oxygen atoms in total. The van der Waals surface area contributed by atoms with Crippen LogP contribution in [-0.2, 0) is 26.2 Å². The van der Waals surface area contributed by atoms with Crippen molar-refractivity contribution in [3.63, 3.8) is 0 Å². The predicted octanol–water partition coefficient (Wildman–Crippen LogP) is 1.98. The molecule has 0 fully saturated rings. The molecule has 0 unspecified atom stereocenters. The van der Waals surface area contributed by atoms with Crippen LogP contribution in [0.4, 0.5) is 5.69 Å². The van der Waals surface area contributed by atoms with E-state index in [1.807, 2.05) is 0 Å². The van der Waals surface area contributed by atoms with Gasteiger partial charge in [-0.05, 0) is 42.8 Å². The molecule has 2 rings (SSSR count). The number of nitrogens with zero attached hydrogens (tertiary/aromatic N) is 1. The zero-order valence-electron chi connectivity index (χ0n) is 16.8. The Morgan fingerprint density at radius 1 is 1.10 bits per heavy atom. The van der Waals surface area contributed by atoms with Gasteiger partial charge in [-0.25, -0.2) is 8.42 Å². The second-order valence-corrected chi connectivity index (χ2v) is 8.25. The molecule has 0 aliphatic carbocycles. The maximum atomic E-state index is 12.6. The van der Waals surface area contributed by atoms with E-state index in [1.54, 1.807) is 31.3 Å². The average molecular weight is 420 g/mol. The van der Waals surface area contributed by atoms with Gasteiger partial charge in [0.25, 0.3) is 0 Å². The highest BCUT2D eigenvalue weighted by Gasteiger charge is 2.23. The first-order chi connectivity index (χ1) is 13.6. The predicted molar refractivity (Wildman–Crippen MR) is 110 cm³/mol. The summed E-state index contributed by atoms with van der Waals surface area (Å²) in [5, 5.41) is 2.72. The van der Waals surface area contributed by atoms with Crippen molar-refractivity contribution < 1.29 is 22.7 Å². The first kappa shape index (κ1) is 22.4. The smallest absolute Gasteiger partial charge is 0.242 e. The quantitative estimate of drug-likeness (QED) is 0.681. The lowest BCUT2D eigenvalue weighted by Crippen LogP contribution is -2.41. The first-order valence-corrected chi connectivity index (χ1v) is 10.4. The summed E-state index contributed by atoms with van der Waals surface area (Å²) in [4.78, 5) is 25.6. The Morgan fingerprint density at radius 3 is 2.31 bits per heavy atom. The summed E-state index contributed by atoms with van der Waals surface area (Å²) in [6, 6.07) is 11.9. The summed E-state index contributed by atoms with van der Waals surface area (Å²) in [7, 11) is -0.736. The summed E-state index contributed by atoms with van der Waals surface area (Å²) in [5.74, 6) is -0.0892. The van der Waals surface area contributed by atoms with Crippen LogP contribution in [0.25, 0.3) is 0 Å². The van der Waals surface area contributed by atoms with Gasteiger partial charge in [0.05, 0.1) is 18.0 Å². The van der Waals surface area contributed by atoms with Crippen LogP contribution in [0.2, 0.25) is 0 Å². The Bertz CT molecular complexity index is 974. The average Bonchev–Trinajstić information content (AvgIpc) is 2.69. The molecule has 29 heavy (non-hydrogen) atoms. The van der Waals surface area contributed by atoms with Crippen LogP contribution < -0.4 is 14.8 Å². The highest BCUT2D eigenvalue weighted by atomic mass is 32.2. The number of sulfonamides is 1. The summed E-state index contributed by atoms with van der Waals surface area (Å²) >= 11 is 0. The number of para-hydroxylation sites is 1. The third kappa shape index (κ3) is 6.03. The molecule has 0 bridgehead atoms. The van der Waals surface area contributed by atoms with E-state index in [9.17, 15) is 18.0 Å². The van der Waals surface area contributed by atoms with Crippen molar-refractivity contribution in [1.29, 1.82) is 0 Å². The van der Waals surface area contributed by atoms with Gasteiger partial charge in [0.2, 0.25) is 21.8 Å². The van der Waals surface area contributed by atoms with Gasteiger partial charge in [-0.1, -0.05) is 18.2 Å². The van der Waals surface area contributed by atoms with E-state index < -0.39 is 22.0 Å². The van der Waals surface area contributed by atoms with E-state index in [0.29, 0.717) is 18.0 Å². The fourth-order valence-electron chi connectivity index (χ4n) is 2.50. The number of carbonyl (C=O) groups is 2. The van der Waals surface area contributed by atoms with E-state index in [0.717, 1.165) is 5.56 Å². The zero-order valence-corrected chi connectivity index (χ0v) is 17.6. The highest BCUT2D eigenvalue weighted by Crippen LogP contribution is 2.18. The largest absolute Gasteiger partial charge is 0.497 e. The fraction of sp³-hybridized carbons (Fsp3) is 0.300. The highest BCUT2D eigenvalue weighted by molar-refractivity contribution is 7.89. The number of benzene rings is 2. The lowest BCUT2D eigenvalue weighted by Gasteiger charge is -2.19. The summed E-state index contributed by atoms with van der Waals surface area (Å²) < 4.78 is 32.4. The van der Waals surface area contributed by atoms with E-state index in [-0.39, 0.29) is 10.8 Å². The third-order valence-electron chi connectivity index (χ3n) is 4.32. The van der Waals surface area contributed by atoms with Crippen molar-refractivity contribution in [2.75, 3.05) is 19.5 Å². The van der Waals surface area contributed by atoms with Crippen molar-refractivity contribution in [3.05, 3.63) is 54.1 Å². The van der Waals surface area contributed by atoms with Gasteiger partial charge in [0.15, 0.2) is 0 Å². The molecule has 0 saturated carbocycles. The first-order valence-electron chi connectivity index (χ1n) is 8.91. The number of carbonyl (C=O) groups excluding carboxylic acids is 2. The molecule has 156 valence electrons. The van der Waals surface area contributed by atoms with Crippen LogP contribution in [0.15, 0.2) is 53.4 Å². The number of nitrogens with one attached hydrogen (secondary N) is 2. The molecule has 0 radical (unpaired) electrons. The molecule has 0 aliphatic rings. The van der Waals surface area contributed by atoms with Gasteiger partial charge in [-0.3, -0.25) is 9.59 Å². The molecule has 2 aromatic carbocycles. The van der Waals surface area contributed by atoms with Crippen molar-refractivity contribution in [2.24, 2.45) is 0 Å². The van der Waals surface area contributed by atoms with Crippen molar-refractivity contribution in [2.45, 2.75) is 31.3 Å². The normalized spacial score (nSPS) is 12.1. The molecule has 2 aromatic rings. The van der Waals surface area contributed by atoms with Crippen LogP contribution in [0, 0.1) is 0 Å². The second-order valence-electron chi connectivity index (χ2n) is 6.54. The zero-order chi connectivity index (χ0) is 21.6. The number of hydrogen-bond acceptors (Lipinski definition) is 5. The Balaban J connectivity index is 2.10. The standard InChI is InChI=1S/C20H25N3O5S/c1-14(22-29(26,27)18-11-9-17(28-4)10-12-18)20(25)21-19-8-6-5-7-16(19)13-23(3)15(2)24/h5-12,14,22H,13H2,1-4H3,(H,21,25)/t14-/m0/s1. The SMILES string of the molecule is COc1ccc(S(=O)(=O)N[C@@H](C)C(=O)Nc2ccccc2CN(C)C(C)=O)cc1. The molecule has 1 atom stereocenters. The van der Waals surface area contributed by atoms with Crippen LogP contribution in [0.5, 0.6) is 5.75 Å². The minimum Gasteiger partial charge on any atom is -0.497 e. The number of anilines is 1.